The molecule has 0 atom stereocenters. The summed E-state index contributed by atoms with van der Waals surface area (Å²) < 4.78 is 0. The maximum absolute atomic E-state index is 9.98. The SMILES string of the molecule is O=C[CH]N1CCCCC1. The lowest BCUT2D eigenvalue weighted by Crippen LogP contribution is -2.27. The van der Waals surface area contributed by atoms with Gasteiger partial charge in [-0.3, -0.25) is 4.90 Å². The largest absolute Gasteiger partial charge is 0.302 e. The van der Waals surface area contributed by atoms with Crippen LogP contribution in [-0.4, -0.2) is 24.3 Å². The zero-order valence-electron chi connectivity index (χ0n) is 5.55. The molecule has 0 aromatic rings. The van der Waals surface area contributed by atoms with Gasteiger partial charge in [0.1, 0.15) is 6.29 Å². The van der Waals surface area contributed by atoms with Crippen molar-refractivity contribution in [3.05, 3.63) is 6.54 Å². The maximum Gasteiger partial charge on any atom is 0.139 e. The van der Waals surface area contributed by atoms with E-state index in [0.717, 1.165) is 19.4 Å². The molecule has 0 bridgehead atoms. The standard InChI is InChI=1S/C7H12NO/c9-7-6-8-4-2-1-3-5-8/h6-7H,1-5H2. The summed E-state index contributed by atoms with van der Waals surface area (Å²) in [5.74, 6) is 0. The molecular weight excluding hydrogens is 114 g/mol. The molecule has 1 radical (unpaired) electrons. The predicted octanol–water partition coefficient (Wildman–Crippen LogP) is 0.833. The molecule has 1 heterocycles. The molecule has 9 heavy (non-hydrogen) atoms. The molecule has 0 aromatic heterocycles. The molecule has 1 aliphatic heterocycles. The van der Waals surface area contributed by atoms with Crippen LogP contribution < -0.4 is 0 Å². The normalized spacial score (nSPS) is 21.8. The first kappa shape index (κ1) is 6.75. The Labute approximate surface area is 55.8 Å². The highest BCUT2D eigenvalue weighted by Gasteiger charge is 2.07. The van der Waals surface area contributed by atoms with Gasteiger partial charge in [0.2, 0.25) is 0 Å². The van der Waals surface area contributed by atoms with Crippen LogP contribution in [-0.2, 0) is 4.79 Å². The number of carbonyl (C=O) groups is 1. The molecule has 0 unspecified atom stereocenters. The van der Waals surface area contributed by atoms with E-state index in [1.807, 2.05) is 0 Å². The Bertz CT molecular complexity index is 86.9. The molecule has 51 valence electrons. The third-order valence-corrected chi connectivity index (χ3v) is 1.66. The first-order valence-electron chi connectivity index (χ1n) is 3.46. The van der Waals surface area contributed by atoms with Crippen LogP contribution in [0.3, 0.4) is 0 Å². The van der Waals surface area contributed by atoms with Crippen molar-refractivity contribution in [1.82, 2.24) is 4.90 Å². The van der Waals surface area contributed by atoms with Crippen molar-refractivity contribution in [3.8, 4) is 0 Å². The Morgan fingerprint density at radius 3 is 2.33 bits per heavy atom. The summed E-state index contributed by atoms with van der Waals surface area (Å²) in [6.45, 7) is 3.77. The molecule has 0 amide bonds. The topological polar surface area (TPSA) is 20.3 Å². The van der Waals surface area contributed by atoms with E-state index in [4.69, 9.17) is 0 Å². The Kier molecular flexibility index (Phi) is 2.71. The summed E-state index contributed by atoms with van der Waals surface area (Å²) in [4.78, 5) is 12.1. The van der Waals surface area contributed by atoms with E-state index in [-0.39, 0.29) is 0 Å². The molecule has 0 N–H and O–H groups in total. The minimum atomic E-state index is 0.866. The molecule has 1 rings (SSSR count). The molecule has 2 nitrogen and oxygen atoms in total. The van der Waals surface area contributed by atoms with Gasteiger partial charge in [-0.1, -0.05) is 6.42 Å². The van der Waals surface area contributed by atoms with E-state index in [1.165, 1.54) is 19.3 Å². The number of likely N-dealkylation sites (tertiary alicyclic amines) is 1. The second-order valence-electron chi connectivity index (χ2n) is 2.38. The Morgan fingerprint density at radius 1 is 1.11 bits per heavy atom. The van der Waals surface area contributed by atoms with Gasteiger partial charge in [-0.2, -0.15) is 0 Å². The Balaban J connectivity index is 2.15. The number of carbonyl (C=O) groups excluding carboxylic acids is 1. The van der Waals surface area contributed by atoms with Gasteiger partial charge < -0.3 is 4.79 Å². The number of hydrogen-bond acceptors (Lipinski definition) is 2. The van der Waals surface area contributed by atoms with Gasteiger partial charge >= 0.3 is 0 Å². The molecular formula is C7H12NO. The van der Waals surface area contributed by atoms with Gasteiger partial charge in [0.15, 0.2) is 0 Å². The highest BCUT2D eigenvalue weighted by atomic mass is 16.1. The van der Waals surface area contributed by atoms with Gasteiger partial charge in [-0.05, 0) is 25.9 Å². The zero-order valence-corrected chi connectivity index (χ0v) is 5.55. The van der Waals surface area contributed by atoms with Crippen molar-refractivity contribution in [2.75, 3.05) is 13.1 Å². The second-order valence-corrected chi connectivity index (χ2v) is 2.38. The van der Waals surface area contributed by atoms with Gasteiger partial charge in [-0.15, -0.1) is 0 Å². The fraction of sp³-hybridized carbons (Fsp3) is 0.714. The van der Waals surface area contributed by atoms with Crippen LogP contribution in [0.5, 0.6) is 0 Å². The van der Waals surface area contributed by atoms with Crippen LogP contribution in [0.1, 0.15) is 19.3 Å². The summed E-state index contributed by atoms with van der Waals surface area (Å²) in [5.41, 5.74) is 0. The molecule has 1 fully saturated rings. The molecule has 2 heteroatoms. The smallest absolute Gasteiger partial charge is 0.139 e. The van der Waals surface area contributed by atoms with E-state index in [9.17, 15) is 4.79 Å². The first-order valence-corrected chi connectivity index (χ1v) is 3.46. The van der Waals surface area contributed by atoms with Crippen molar-refractivity contribution in [2.24, 2.45) is 0 Å². The predicted molar refractivity (Wildman–Crippen MR) is 35.8 cm³/mol. The highest BCUT2D eigenvalue weighted by Crippen LogP contribution is 2.08. The molecule has 0 spiro atoms. The summed E-state index contributed by atoms with van der Waals surface area (Å²) in [5, 5.41) is 0. The second kappa shape index (κ2) is 3.62. The lowest BCUT2D eigenvalue weighted by atomic mass is 10.1. The van der Waals surface area contributed by atoms with Gasteiger partial charge in [0.25, 0.3) is 0 Å². The average molecular weight is 126 g/mol. The van der Waals surface area contributed by atoms with Crippen molar-refractivity contribution >= 4 is 6.29 Å². The average Bonchev–Trinajstić information content (AvgIpc) is 1.91. The van der Waals surface area contributed by atoms with E-state index >= 15 is 0 Å². The summed E-state index contributed by atoms with van der Waals surface area (Å²) in [6.07, 6.45) is 4.67. The Morgan fingerprint density at radius 2 is 1.78 bits per heavy atom. The van der Waals surface area contributed by atoms with Crippen LogP contribution in [0.25, 0.3) is 0 Å². The lowest BCUT2D eigenvalue weighted by Gasteiger charge is -2.23. The molecule has 0 aromatic carbocycles. The van der Waals surface area contributed by atoms with Crippen LogP contribution >= 0.6 is 0 Å². The summed E-state index contributed by atoms with van der Waals surface area (Å²) >= 11 is 0. The van der Waals surface area contributed by atoms with E-state index in [2.05, 4.69) is 4.90 Å². The van der Waals surface area contributed by atoms with Crippen molar-refractivity contribution in [2.45, 2.75) is 19.3 Å². The molecule has 1 saturated heterocycles. The number of piperidine rings is 1. The summed E-state index contributed by atoms with van der Waals surface area (Å²) in [7, 11) is 0. The lowest BCUT2D eigenvalue weighted by molar-refractivity contribution is -0.106. The number of hydrogen-bond donors (Lipinski definition) is 0. The molecule has 0 saturated carbocycles. The van der Waals surface area contributed by atoms with Crippen LogP contribution in [0.15, 0.2) is 0 Å². The van der Waals surface area contributed by atoms with Crippen LogP contribution in [0.4, 0.5) is 0 Å². The van der Waals surface area contributed by atoms with E-state index in [1.54, 1.807) is 6.54 Å². The molecule has 1 aliphatic rings. The number of aldehydes is 1. The van der Waals surface area contributed by atoms with E-state index in [0.29, 0.717) is 0 Å². The summed E-state index contributed by atoms with van der Waals surface area (Å²) in [6, 6.07) is 0. The number of nitrogens with zero attached hydrogens (tertiary/aromatic N) is 1. The van der Waals surface area contributed by atoms with Crippen molar-refractivity contribution in [1.29, 1.82) is 0 Å². The fourth-order valence-corrected chi connectivity index (χ4v) is 1.15. The Hall–Kier alpha value is -0.370. The van der Waals surface area contributed by atoms with Gasteiger partial charge in [0.05, 0.1) is 6.54 Å². The molecule has 0 aliphatic carbocycles. The minimum absolute atomic E-state index is 0.866. The van der Waals surface area contributed by atoms with E-state index < -0.39 is 0 Å². The zero-order chi connectivity index (χ0) is 6.53. The highest BCUT2D eigenvalue weighted by molar-refractivity contribution is 5.59. The van der Waals surface area contributed by atoms with Gasteiger partial charge in [-0.25, -0.2) is 0 Å². The van der Waals surface area contributed by atoms with Crippen LogP contribution in [0, 0.1) is 6.54 Å². The fourth-order valence-electron chi connectivity index (χ4n) is 1.15. The van der Waals surface area contributed by atoms with Crippen molar-refractivity contribution in [3.63, 3.8) is 0 Å². The first-order chi connectivity index (χ1) is 4.43. The third kappa shape index (κ3) is 2.14. The maximum atomic E-state index is 9.98. The third-order valence-electron chi connectivity index (χ3n) is 1.66. The number of rotatable bonds is 2. The van der Waals surface area contributed by atoms with Crippen LogP contribution in [0.2, 0.25) is 0 Å². The quantitative estimate of drug-likeness (QED) is 0.511. The van der Waals surface area contributed by atoms with Gasteiger partial charge in [0, 0.05) is 0 Å². The van der Waals surface area contributed by atoms with Crippen molar-refractivity contribution < 1.29 is 4.79 Å². The monoisotopic (exact) mass is 126 g/mol. The minimum Gasteiger partial charge on any atom is -0.302 e.